The van der Waals surface area contributed by atoms with Crippen LogP contribution >= 0.6 is 39.9 Å². The predicted octanol–water partition coefficient (Wildman–Crippen LogP) is 5.03. The van der Waals surface area contributed by atoms with Crippen LogP contribution in [0.3, 0.4) is 0 Å². The number of methoxy groups -OCH3 is 1. The van der Waals surface area contributed by atoms with Gasteiger partial charge >= 0.3 is 6.92 Å². The second-order valence-electron chi connectivity index (χ2n) is 5.42. The maximum absolute atomic E-state index is 8.46. The van der Waals surface area contributed by atoms with Crippen LogP contribution < -0.4 is 4.74 Å². The Morgan fingerprint density at radius 1 is 1.29 bits per heavy atom. The van der Waals surface area contributed by atoms with Gasteiger partial charge in [0.15, 0.2) is 0 Å². The average molecular weight is 368 g/mol. The van der Waals surface area contributed by atoms with Crippen molar-refractivity contribution in [3.63, 3.8) is 0 Å². The van der Waals surface area contributed by atoms with Crippen molar-refractivity contribution in [2.45, 2.75) is 30.3 Å². The van der Waals surface area contributed by atoms with E-state index in [9.17, 15) is 0 Å². The van der Waals surface area contributed by atoms with Gasteiger partial charge < -0.3 is 4.74 Å². The van der Waals surface area contributed by atoms with E-state index in [4.69, 9.17) is 14.5 Å². The lowest BCUT2D eigenvalue weighted by Crippen LogP contribution is -2.09. The molecule has 0 radical (unpaired) electrons. The van der Waals surface area contributed by atoms with E-state index in [1.165, 1.54) is 18.6 Å². The van der Waals surface area contributed by atoms with E-state index in [-0.39, 0.29) is 0 Å². The van der Waals surface area contributed by atoms with Gasteiger partial charge in [0.2, 0.25) is 0 Å². The highest BCUT2D eigenvalue weighted by atomic mass is 33.1. The largest absolute Gasteiger partial charge is 0.497 e. The van der Waals surface area contributed by atoms with Crippen LogP contribution in [0.5, 0.6) is 5.75 Å². The zero-order valence-corrected chi connectivity index (χ0v) is 16.4. The van der Waals surface area contributed by atoms with E-state index in [0.717, 1.165) is 17.1 Å². The van der Waals surface area contributed by atoms with E-state index < -0.39 is 6.92 Å². The van der Waals surface area contributed by atoms with E-state index in [0.29, 0.717) is 10.00 Å². The molecule has 1 fully saturated rings. The van der Waals surface area contributed by atoms with Crippen LogP contribution in [0, 0.1) is 0 Å². The Hall–Kier alpha value is 0.420. The molecule has 0 aromatic heterocycles. The van der Waals surface area contributed by atoms with Crippen molar-refractivity contribution >= 4 is 39.9 Å². The first-order valence-electron chi connectivity index (χ1n) is 6.53. The lowest BCUT2D eigenvalue weighted by atomic mass is 10.0. The van der Waals surface area contributed by atoms with Crippen molar-refractivity contribution in [1.82, 2.24) is 0 Å². The highest BCUT2D eigenvalue weighted by Crippen LogP contribution is 2.58. The molecule has 1 unspecified atom stereocenters. The summed E-state index contributed by atoms with van der Waals surface area (Å²) in [7, 11) is 5.70. The van der Waals surface area contributed by atoms with Gasteiger partial charge in [-0.2, -0.15) is 0 Å². The summed E-state index contributed by atoms with van der Waals surface area (Å²) in [4.78, 5) is 16.9. The summed E-state index contributed by atoms with van der Waals surface area (Å²) >= 11 is 1.10. The third-order valence-electron chi connectivity index (χ3n) is 2.90. The lowest BCUT2D eigenvalue weighted by molar-refractivity contribution is 0.414. The molecule has 120 valence electrons. The molecular weight excluding hydrogens is 343 g/mol. The minimum absolute atomic E-state index is 0.412. The standard InChI is InChI=1S/C12H16OS2.C2H8O2PS/c1-12(2)8-11(14-15-12)9-4-6-10(13-3)7-5-9;1-5(3,4)6-2/h4-7,11H,8H2,1-3H3;3-4H,1-2H3/q;+1. The monoisotopic (exact) mass is 367 g/mol. The first kappa shape index (κ1) is 19.5. The molecular formula is C14H24O3PS3+. The highest BCUT2D eigenvalue weighted by molar-refractivity contribution is 8.77. The van der Waals surface area contributed by atoms with Gasteiger partial charge in [0, 0.05) is 16.3 Å². The zero-order chi connectivity index (χ0) is 16.1. The molecule has 1 aromatic carbocycles. The molecule has 0 spiro atoms. The van der Waals surface area contributed by atoms with Gasteiger partial charge in [-0.1, -0.05) is 33.7 Å². The van der Waals surface area contributed by atoms with E-state index in [2.05, 4.69) is 26.0 Å². The Morgan fingerprint density at radius 3 is 2.14 bits per heavy atom. The average Bonchev–Trinajstić information content (AvgIpc) is 2.79. The number of benzene rings is 1. The molecule has 7 heteroatoms. The number of hydrogen-bond acceptors (Lipinski definition) is 6. The minimum Gasteiger partial charge on any atom is -0.497 e. The SMILES string of the molecule is COc1ccc(C2CC(C)(C)SS2)cc1.CS[P+](C)(O)O. The van der Waals surface area contributed by atoms with Crippen LogP contribution in [0.1, 0.15) is 31.1 Å². The first-order chi connectivity index (χ1) is 9.67. The summed E-state index contributed by atoms with van der Waals surface area (Å²) in [6.45, 7) is 3.58. The summed E-state index contributed by atoms with van der Waals surface area (Å²) in [6.07, 6.45) is 2.92. The molecule has 0 aliphatic carbocycles. The number of ether oxygens (including phenoxy) is 1. The first-order valence-corrected chi connectivity index (χ1v) is 12.7. The smallest absolute Gasteiger partial charge is 0.323 e. The molecule has 2 N–H and O–H groups in total. The van der Waals surface area contributed by atoms with Gasteiger partial charge in [-0.3, -0.25) is 0 Å². The second kappa shape index (κ2) is 8.32. The fourth-order valence-corrected chi connectivity index (χ4v) is 5.04. The van der Waals surface area contributed by atoms with Crippen molar-refractivity contribution in [3.05, 3.63) is 29.8 Å². The molecule has 21 heavy (non-hydrogen) atoms. The molecule has 2 rings (SSSR count). The molecule has 0 bridgehead atoms. The van der Waals surface area contributed by atoms with Gasteiger partial charge in [-0.25, -0.2) is 9.79 Å². The van der Waals surface area contributed by atoms with E-state index >= 15 is 0 Å². The van der Waals surface area contributed by atoms with Crippen molar-refractivity contribution in [3.8, 4) is 5.75 Å². The third-order valence-corrected chi connectivity index (χ3v) is 9.39. The molecule has 1 atom stereocenters. The molecule has 1 aliphatic rings. The number of hydrogen-bond donors (Lipinski definition) is 2. The highest BCUT2D eigenvalue weighted by Gasteiger charge is 2.33. The molecule has 1 aromatic rings. The molecule has 1 heterocycles. The predicted molar refractivity (Wildman–Crippen MR) is 100 cm³/mol. The molecule has 1 saturated heterocycles. The van der Waals surface area contributed by atoms with Crippen LogP contribution in [-0.2, 0) is 0 Å². The van der Waals surface area contributed by atoms with Gasteiger partial charge in [-0.05, 0) is 38.0 Å². The summed E-state index contributed by atoms with van der Waals surface area (Å²) in [5.74, 6) is 0.939. The van der Waals surface area contributed by atoms with Gasteiger partial charge in [0.25, 0.3) is 0 Å². The maximum Gasteiger partial charge on any atom is 0.323 e. The van der Waals surface area contributed by atoms with Gasteiger partial charge in [0.1, 0.15) is 12.4 Å². The zero-order valence-electron chi connectivity index (χ0n) is 13.1. The normalized spacial score (nSPS) is 20.6. The molecule has 3 nitrogen and oxygen atoms in total. The number of rotatable bonds is 3. The van der Waals surface area contributed by atoms with Crippen molar-refractivity contribution in [2.75, 3.05) is 20.0 Å². The quantitative estimate of drug-likeness (QED) is 0.577. The molecule has 1 aliphatic heterocycles. The Morgan fingerprint density at radius 2 is 1.81 bits per heavy atom. The molecule has 0 saturated carbocycles. The van der Waals surface area contributed by atoms with Crippen LogP contribution in [-0.4, -0.2) is 34.6 Å². The summed E-state index contributed by atoms with van der Waals surface area (Å²) in [5, 5.41) is 0.635. The van der Waals surface area contributed by atoms with Gasteiger partial charge in [-0.15, -0.1) is 0 Å². The van der Waals surface area contributed by atoms with Crippen LogP contribution in [0.15, 0.2) is 24.3 Å². The molecule has 0 amide bonds. The van der Waals surface area contributed by atoms with Crippen LogP contribution in [0.25, 0.3) is 0 Å². The Kier molecular flexibility index (Phi) is 7.71. The van der Waals surface area contributed by atoms with Crippen LogP contribution in [0.2, 0.25) is 0 Å². The lowest BCUT2D eigenvalue weighted by Gasteiger charge is -2.14. The topological polar surface area (TPSA) is 49.7 Å². The summed E-state index contributed by atoms with van der Waals surface area (Å²) in [6, 6.07) is 8.45. The Bertz CT molecular complexity index is 432. The Labute approximate surface area is 140 Å². The third kappa shape index (κ3) is 7.49. The second-order valence-corrected chi connectivity index (χ2v) is 13.7. The van der Waals surface area contributed by atoms with Crippen molar-refractivity contribution < 1.29 is 14.5 Å². The van der Waals surface area contributed by atoms with Gasteiger partial charge in [0.05, 0.1) is 18.5 Å². The van der Waals surface area contributed by atoms with E-state index in [1.54, 1.807) is 13.4 Å². The van der Waals surface area contributed by atoms with E-state index in [1.807, 2.05) is 33.7 Å². The fourth-order valence-electron chi connectivity index (χ4n) is 1.69. The minimum atomic E-state index is -2.48. The summed E-state index contributed by atoms with van der Waals surface area (Å²) in [5.41, 5.74) is 1.42. The van der Waals surface area contributed by atoms with Crippen LogP contribution in [0.4, 0.5) is 0 Å². The Balaban J connectivity index is 0.000000315. The van der Waals surface area contributed by atoms with Crippen molar-refractivity contribution in [1.29, 1.82) is 0 Å². The van der Waals surface area contributed by atoms with Crippen molar-refractivity contribution in [2.24, 2.45) is 0 Å². The summed E-state index contributed by atoms with van der Waals surface area (Å²) < 4.78 is 5.57. The fraction of sp³-hybridized carbons (Fsp3) is 0.571. The maximum atomic E-state index is 8.46.